The number of sulfonamides is 1. The van der Waals surface area contributed by atoms with Crippen molar-refractivity contribution in [3.63, 3.8) is 0 Å². The largest absolute Gasteiger partial charge is 0.493 e. The number of aryl methyl sites for hydroxylation is 2. The average molecular weight is 683 g/mol. The van der Waals surface area contributed by atoms with E-state index in [0.29, 0.717) is 33.8 Å². The molecule has 4 aromatic carbocycles. The Labute approximate surface area is 265 Å². The summed E-state index contributed by atoms with van der Waals surface area (Å²) in [5.41, 5.74) is 6.59. The summed E-state index contributed by atoms with van der Waals surface area (Å²) in [6, 6.07) is 25.1. The number of ether oxygens (including phenoxy) is 2. The summed E-state index contributed by atoms with van der Waals surface area (Å²) in [6.45, 7) is 3.83. The van der Waals surface area contributed by atoms with Gasteiger partial charge in [-0.1, -0.05) is 47.5 Å². The van der Waals surface area contributed by atoms with Crippen LogP contribution in [0.2, 0.25) is 0 Å². The number of amides is 1. The Morgan fingerprint density at radius 1 is 0.977 bits per heavy atom. The Morgan fingerprint density at radius 2 is 1.60 bits per heavy atom. The minimum absolute atomic E-state index is 0.0869. The van der Waals surface area contributed by atoms with Crippen molar-refractivity contribution >= 4 is 55.5 Å². The summed E-state index contributed by atoms with van der Waals surface area (Å²) in [5, 5.41) is 4.06. The maximum atomic E-state index is 13.6. The first-order chi connectivity index (χ1) is 20.6. The zero-order valence-corrected chi connectivity index (χ0v) is 27.4. The molecule has 0 unspecified atom stereocenters. The zero-order chi connectivity index (χ0) is 31.0. The second-order valence-corrected chi connectivity index (χ2v) is 13.2. The maximum Gasteiger partial charge on any atom is 0.264 e. The number of hydrogen-bond donors (Lipinski definition) is 1. The average Bonchev–Trinajstić information content (AvgIpc) is 3.00. The van der Waals surface area contributed by atoms with Crippen molar-refractivity contribution in [2.45, 2.75) is 30.2 Å². The van der Waals surface area contributed by atoms with Gasteiger partial charge in [-0.05, 0) is 95.7 Å². The van der Waals surface area contributed by atoms with Gasteiger partial charge in [-0.2, -0.15) is 5.10 Å². The van der Waals surface area contributed by atoms with E-state index >= 15 is 0 Å². The number of carbonyl (C=O) groups is 1. The van der Waals surface area contributed by atoms with Crippen molar-refractivity contribution in [1.82, 2.24) is 5.43 Å². The van der Waals surface area contributed by atoms with Crippen molar-refractivity contribution in [3.05, 3.63) is 112 Å². The minimum Gasteiger partial charge on any atom is -0.493 e. The molecule has 0 saturated heterocycles. The lowest BCUT2D eigenvalue weighted by Gasteiger charge is -2.24. The normalized spacial score (nSPS) is 11.4. The molecule has 43 heavy (non-hydrogen) atoms. The molecule has 224 valence electrons. The molecular formula is C32H32BrN3O5S2. The van der Waals surface area contributed by atoms with Crippen LogP contribution in [0.1, 0.15) is 22.3 Å². The second kappa shape index (κ2) is 14.6. The van der Waals surface area contributed by atoms with Crippen LogP contribution in [0.5, 0.6) is 11.5 Å². The third kappa shape index (κ3) is 8.40. The number of hydrazone groups is 1. The third-order valence-corrected chi connectivity index (χ3v) is 9.54. The van der Waals surface area contributed by atoms with Gasteiger partial charge in [-0.3, -0.25) is 9.10 Å². The zero-order valence-electron chi connectivity index (χ0n) is 24.2. The van der Waals surface area contributed by atoms with E-state index in [-0.39, 0.29) is 4.90 Å². The molecule has 8 nitrogen and oxygen atoms in total. The van der Waals surface area contributed by atoms with Gasteiger partial charge in [0.1, 0.15) is 13.2 Å². The summed E-state index contributed by atoms with van der Waals surface area (Å²) in [6.07, 6.45) is 3.36. The Bertz CT molecular complexity index is 1690. The van der Waals surface area contributed by atoms with Crippen molar-refractivity contribution in [3.8, 4) is 11.5 Å². The van der Waals surface area contributed by atoms with E-state index in [0.717, 1.165) is 20.3 Å². The number of hydrogen-bond acceptors (Lipinski definition) is 7. The molecule has 1 N–H and O–H groups in total. The van der Waals surface area contributed by atoms with Crippen molar-refractivity contribution in [2.24, 2.45) is 5.10 Å². The van der Waals surface area contributed by atoms with Gasteiger partial charge >= 0.3 is 0 Å². The monoisotopic (exact) mass is 681 g/mol. The molecule has 0 saturated carbocycles. The molecule has 0 aromatic heterocycles. The molecule has 0 aliphatic carbocycles. The van der Waals surface area contributed by atoms with Crippen LogP contribution in [0.25, 0.3) is 0 Å². The number of rotatable bonds is 12. The van der Waals surface area contributed by atoms with Gasteiger partial charge in [0.2, 0.25) is 0 Å². The molecule has 0 fully saturated rings. The third-order valence-electron chi connectivity index (χ3n) is 6.42. The van der Waals surface area contributed by atoms with Gasteiger partial charge in [0.15, 0.2) is 11.5 Å². The van der Waals surface area contributed by atoms with E-state index in [4.69, 9.17) is 9.47 Å². The van der Waals surface area contributed by atoms with Crippen molar-refractivity contribution in [1.29, 1.82) is 0 Å². The standard InChI is InChI=1S/C32H32BrN3O5S2/c1-22-5-9-24(10-6-22)21-41-32-29(33)17-25(18-30(32)40-3)19-34-35-31(37)20-36(26-11-7-23(2)8-12-26)43(38,39)28-15-13-27(42-4)14-16-28/h5-19H,20-21H2,1-4H3,(H,35,37)/b34-19-. The molecule has 11 heteroatoms. The molecule has 0 aliphatic rings. The number of nitrogens with zero attached hydrogens (tertiary/aromatic N) is 2. The van der Waals surface area contributed by atoms with E-state index < -0.39 is 22.5 Å². The van der Waals surface area contributed by atoms with Crippen LogP contribution in [-0.4, -0.2) is 40.4 Å². The van der Waals surface area contributed by atoms with E-state index in [1.54, 1.807) is 48.5 Å². The molecule has 1 amide bonds. The SMILES string of the molecule is COc1cc(/C=N\NC(=O)CN(c2ccc(C)cc2)S(=O)(=O)c2ccc(SC)cc2)cc(Br)c1OCc1ccc(C)cc1. The number of carbonyl (C=O) groups excluding carboxylic acids is 1. The smallest absolute Gasteiger partial charge is 0.264 e. The maximum absolute atomic E-state index is 13.6. The van der Waals surface area contributed by atoms with Gasteiger partial charge in [-0.15, -0.1) is 11.8 Å². The lowest BCUT2D eigenvalue weighted by molar-refractivity contribution is -0.119. The quantitative estimate of drug-likeness (QED) is 0.101. The van der Waals surface area contributed by atoms with Crippen LogP contribution >= 0.6 is 27.7 Å². The molecule has 0 spiro atoms. The summed E-state index contributed by atoms with van der Waals surface area (Å²) >= 11 is 5.04. The highest BCUT2D eigenvalue weighted by Crippen LogP contribution is 2.37. The molecule has 0 heterocycles. The minimum atomic E-state index is -4.04. The van der Waals surface area contributed by atoms with Gasteiger partial charge in [0.25, 0.3) is 15.9 Å². The number of anilines is 1. The molecular weight excluding hydrogens is 650 g/mol. The fourth-order valence-corrected chi connectivity index (χ4v) is 6.44. The lowest BCUT2D eigenvalue weighted by atomic mass is 10.2. The second-order valence-electron chi connectivity index (χ2n) is 9.62. The molecule has 4 aromatic rings. The predicted molar refractivity (Wildman–Crippen MR) is 176 cm³/mol. The Balaban J connectivity index is 1.48. The van der Waals surface area contributed by atoms with Crippen LogP contribution < -0.4 is 19.2 Å². The van der Waals surface area contributed by atoms with Crippen molar-refractivity contribution < 1.29 is 22.7 Å². The number of thioether (sulfide) groups is 1. The van der Waals surface area contributed by atoms with E-state index in [1.165, 1.54) is 42.8 Å². The Morgan fingerprint density at radius 3 is 2.21 bits per heavy atom. The summed E-state index contributed by atoms with van der Waals surface area (Å²) < 4.78 is 40.5. The van der Waals surface area contributed by atoms with Gasteiger partial charge < -0.3 is 9.47 Å². The first-order valence-corrected chi connectivity index (χ1v) is 16.7. The summed E-state index contributed by atoms with van der Waals surface area (Å²) in [5.74, 6) is 0.414. The van der Waals surface area contributed by atoms with Gasteiger partial charge in [0, 0.05) is 4.90 Å². The first kappa shape index (κ1) is 32.1. The summed E-state index contributed by atoms with van der Waals surface area (Å²) in [4.78, 5) is 14.0. The molecule has 0 atom stereocenters. The number of methoxy groups -OCH3 is 1. The lowest BCUT2D eigenvalue weighted by Crippen LogP contribution is -2.39. The Hall–Kier alpha value is -3.80. The highest BCUT2D eigenvalue weighted by molar-refractivity contribution is 9.10. The number of halogens is 1. The van der Waals surface area contributed by atoms with E-state index in [2.05, 4.69) is 26.5 Å². The number of nitrogens with one attached hydrogen (secondary N) is 1. The predicted octanol–water partition coefficient (Wildman–Crippen LogP) is 6.72. The highest BCUT2D eigenvalue weighted by atomic mass is 79.9. The van der Waals surface area contributed by atoms with Gasteiger partial charge in [-0.25, -0.2) is 13.8 Å². The molecule has 0 radical (unpaired) electrons. The summed E-state index contributed by atoms with van der Waals surface area (Å²) in [7, 11) is -2.50. The molecule has 0 aliphatic heterocycles. The molecule has 0 bridgehead atoms. The number of benzene rings is 4. The Kier molecular flexibility index (Phi) is 10.9. The van der Waals surface area contributed by atoms with Crippen LogP contribution in [0.3, 0.4) is 0 Å². The topological polar surface area (TPSA) is 97.3 Å². The van der Waals surface area contributed by atoms with E-state index in [9.17, 15) is 13.2 Å². The fourth-order valence-electron chi connectivity index (χ4n) is 4.04. The van der Waals surface area contributed by atoms with Crippen LogP contribution in [0, 0.1) is 13.8 Å². The van der Waals surface area contributed by atoms with Gasteiger partial charge in [0.05, 0.1) is 28.4 Å². The van der Waals surface area contributed by atoms with Crippen molar-refractivity contribution in [2.75, 3.05) is 24.2 Å². The van der Waals surface area contributed by atoms with Crippen LogP contribution in [0.4, 0.5) is 5.69 Å². The molecule has 4 rings (SSSR count). The van der Waals surface area contributed by atoms with Crippen LogP contribution in [-0.2, 0) is 21.4 Å². The van der Waals surface area contributed by atoms with E-state index in [1.807, 2.05) is 44.4 Å². The first-order valence-electron chi connectivity index (χ1n) is 13.2. The highest BCUT2D eigenvalue weighted by Gasteiger charge is 2.27. The fraction of sp³-hybridized carbons (Fsp3) is 0.188. The van der Waals surface area contributed by atoms with Crippen LogP contribution in [0.15, 0.2) is 104 Å².